The van der Waals surface area contributed by atoms with E-state index in [1.807, 2.05) is 48.5 Å². The van der Waals surface area contributed by atoms with Crippen molar-refractivity contribution in [2.45, 2.75) is 0 Å². The summed E-state index contributed by atoms with van der Waals surface area (Å²) in [6, 6.07) is 17.5. The Hall–Kier alpha value is -2.94. The molecule has 1 aromatic heterocycles. The maximum Gasteiger partial charge on any atom is 0.168 e. The first-order chi connectivity index (χ1) is 10.8. The monoisotopic (exact) mass is 289 g/mol. The molecule has 0 fully saturated rings. The average molecular weight is 289 g/mol. The third kappa shape index (κ3) is 3.04. The van der Waals surface area contributed by atoms with Crippen LogP contribution in [-0.4, -0.2) is 18.4 Å². The van der Waals surface area contributed by atoms with E-state index >= 15 is 0 Å². The summed E-state index contributed by atoms with van der Waals surface area (Å²) in [5.74, 6) is 0.847. The topological polar surface area (TPSA) is 39.2 Å². The van der Waals surface area contributed by atoms with Gasteiger partial charge in [-0.25, -0.2) is 4.98 Å². The summed E-state index contributed by atoms with van der Waals surface area (Å²) in [7, 11) is 1.66. The molecule has 0 amide bonds. The summed E-state index contributed by atoms with van der Waals surface area (Å²) in [6.07, 6.45) is 4.86. The molecule has 3 rings (SSSR count). The van der Waals surface area contributed by atoms with Crippen molar-refractivity contribution in [1.29, 1.82) is 0 Å². The number of hydrogen-bond acceptors (Lipinski definition) is 3. The molecule has 0 unspecified atom stereocenters. The minimum Gasteiger partial charge on any atom is -0.497 e. The number of rotatable bonds is 4. The molecule has 0 N–H and O–H groups in total. The molecule has 0 saturated carbocycles. The van der Waals surface area contributed by atoms with Crippen molar-refractivity contribution in [3.63, 3.8) is 0 Å². The predicted octanol–water partition coefficient (Wildman–Crippen LogP) is 4.23. The van der Waals surface area contributed by atoms with Crippen LogP contribution in [0.5, 0.6) is 5.75 Å². The highest BCUT2D eigenvalue weighted by Gasteiger charge is 1.98. The van der Waals surface area contributed by atoms with E-state index in [0.29, 0.717) is 5.69 Å². The zero-order chi connectivity index (χ0) is 15.4. The van der Waals surface area contributed by atoms with Crippen LogP contribution in [0.25, 0.3) is 23.1 Å². The molecule has 3 aromatic rings. The number of carbonyl (C=O) groups excluding carboxylic acids is 1. The number of ether oxygens (including phenoxy) is 1. The predicted molar refractivity (Wildman–Crippen MR) is 89.1 cm³/mol. The Balaban J connectivity index is 1.86. The van der Waals surface area contributed by atoms with Crippen LogP contribution in [0.3, 0.4) is 0 Å². The van der Waals surface area contributed by atoms with Crippen molar-refractivity contribution in [2.75, 3.05) is 7.11 Å². The van der Waals surface area contributed by atoms with Gasteiger partial charge in [-0.1, -0.05) is 36.4 Å². The molecule has 1 heterocycles. The first-order valence-electron chi connectivity index (χ1n) is 6.96. The number of methoxy groups -OCH3 is 1. The molecule has 0 aliphatic carbocycles. The molecule has 3 nitrogen and oxygen atoms in total. The van der Waals surface area contributed by atoms with E-state index in [1.54, 1.807) is 13.2 Å². The largest absolute Gasteiger partial charge is 0.497 e. The fourth-order valence-corrected chi connectivity index (χ4v) is 2.24. The molecule has 0 aliphatic heterocycles. The Morgan fingerprint density at radius 1 is 0.909 bits per heavy atom. The lowest BCUT2D eigenvalue weighted by molar-refractivity contribution is 0.111. The fraction of sp³-hybridized carbons (Fsp3) is 0.0526. The van der Waals surface area contributed by atoms with Crippen molar-refractivity contribution >= 4 is 29.3 Å². The van der Waals surface area contributed by atoms with Crippen molar-refractivity contribution in [3.05, 3.63) is 71.4 Å². The highest BCUT2D eigenvalue weighted by atomic mass is 16.5. The number of fused-ring (bicyclic) bond motifs is 1. The lowest BCUT2D eigenvalue weighted by Crippen LogP contribution is -1.87. The standard InChI is InChI=1S/C19H15NO2/c1-22-18-9-4-14(5-10-18)2-3-15-6-11-19-16(12-15)7-8-17(13-21)20-19/h2-13H,1H3/b3-2+. The van der Waals surface area contributed by atoms with Gasteiger partial charge in [-0.3, -0.25) is 4.79 Å². The first kappa shape index (κ1) is 14.0. The van der Waals surface area contributed by atoms with Crippen molar-refractivity contribution in [2.24, 2.45) is 0 Å². The van der Waals surface area contributed by atoms with Crippen LogP contribution in [0.2, 0.25) is 0 Å². The van der Waals surface area contributed by atoms with Crippen LogP contribution in [0.15, 0.2) is 54.6 Å². The second kappa shape index (κ2) is 6.22. The van der Waals surface area contributed by atoms with Crippen molar-refractivity contribution in [1.82, 2.24) is 4.98 Å². The summed E-state index contributed by atoms with van der Waals surface area (Å²) in [6.45, 7) is 0. The summed E-state index contributed by atoms with van der Waals surface area (Å²) in [5, 5.41) is 1.02. The third-order valence-electron chi connectivity index (χ3n) is 3.44. The highest BCUT2D eigenvalue weighted by Crippen LogP contribution is 2.18. The van der Waals surface area contributed by atoms with Crippen LogP contribution in [-0.2, 0) is 0 Å². The lowest BCUT2D eigenvalue weighted by atomic mass is 10.1. The number of aromatic nitrogens is 1. The Kier molecular flexibility index (Phi) is 3.97. The Labute approximate surface area is 128 Å². The van der Waals surface area contributed by atoms with E-state index in [-0.39, 0.29) is 0 Å². The average Bonchev–Trinajstić information content (AvgIpc) is 2.59. The van der Waals surface area contributed by atoms with Gasteiger partial charge in [-0.15, -0.1) is 0 Å². The maximum atomic E-state index is 10.7. The van der Waals surface area contributed by atoms with Gasteiger partial charge in [0.05, 0.1) is 12.6 Å². The number of aldehydes is 1. The quantitative estimate of drug-likeness (QED) is 0.533. The molecule has 3 heteroatoms. The molecular formula is C19H15NO2. The molecule has 0 spiro atoms. The number of carbonyl (C=O) groups is 1. The summed E-state index contributed by atoms with van der Waals surface area (Å²) < 4.78 is 5.14. The molecule has 22 heavy (non-hydrogen) atoms. The van der Waals surface area contributed by atoms with Crippen LogP contribution < -0.4 is 4.74 Å². The summed E-state index contributed by atoms with van der Waals surface area (Å²) >= 11 is 0. The summed E-state index contributed by atoms with van der Waals surface area (Å²) in [4.78, 5) is 15.0. The number of nitrogens with zero attached hydrogens (tertiary/aromatic N) is 1. The third-order valence-corrected chi connectivity index (χ3v) is 3.44. The maximum absolute atomic E-state index is 10.7. The SMILES string of the molecule is COc1ccc(/C=C/c2ccc3nc(C=O)ccc3c2)cc1. The summed E-state index contributed by atoms with van der Waals surface area (Å²) in [5.41, 5.74) is 3.47. The molecule has 108 valence electrons. The smallest absolute Gasteiger partial charge is 0.168 e. The minimum absolute atomic E-state index is 0.453. The second-order valence-corrected chi connectivity index (χ2v) is 4.91. The molecule has 2 aromatic carbocycles. The van der Waals surface area contributed by atoms with Gasteiger partial charge in [-0.2, -0.15) is 0 Å². The number of benzene rings is 2. The van der Waals surface area contributed by atoms with Crippen molar-refractivity contribution in [3.8, 4) is 5.75 Å². The van der Waals surface area contributed by atoms with E-state index < -0.39 is 0 Å². The zero-order valence-electron chi connectivity index (χ0n) is 12.2. The molecular weight excluding hydrogens is 274 g/mol. The van der Waals surface area contributed by atoms with Gasteiger partial charge in [0.25, 0.3) is 0 Å². The zero-order valence-corrected chi connectivity index (χ0v) is 12.2. The van der Waals surface area contributed by atoms with Crippen LogP contribution in [0.1, 0.15) is 21.6 Å². The lowest BCUT2D eigenvalue weighted by Gasteiger charge is -2.01. The molecule has 0 aliphatic rings. The van der Waals surface area contributed by atoms with Gasteiger partial charge < -0.3 is 4.74 Å². The molecule has 0 atom stereocenters. The second-order valence-electron chi connectivity index (χ2n) is 4.91. The van der Waals surface area contributed by atoms with Gasteiger partial charge in [0.15, 0.2) is 6.29 Å². The Morgan fingerprint density at radius 3 is 2.36 bits per heavy atom. The van der Waals surface area contributed by atoms with Crippen LogP contribution in [0.4, 0.5) is 0 Å². The highest BCUT2D eigenvalue weighted by molar-refractivity contribution is 5.86. The van der Waals surface area contributed by atoms with Gasteiger partial charge in [-0.05, 0) is 41.5 Å². The fourth-order valence-electron chi connectivity index (χ4n) is 2.24. The molecule has 0 radical (unpaired) electrons. The van der Waals surface area contributed by atoms with Crippen molar-refractivity contribution < 1.29 is 9.53 Å². The minimum atomic E-state index is 0.453. The van der Waals surface area contributed by atoms with Gasteiger partial charge >= 0.3 is 0 Å². The Bertz CT molecular complexity index is 836. The first-order valence-corrected chi connectivity index (χ1v) is 6.96. The van der Waals surface area contributed by atoms with E-state index in [4.69, 9.17) is 4.74 Å². The van der Waals surface area contributed by atoms with Gasteiger partial charge in [0, 0.05) is 5.39 Å². The molecule has 0 saturated heterocycles. The van der Waals surface area contributed by atoms with E-state index in [0.717, 1.165) is 34.1 Å². The van der Waals surface area contributed by atoms with E-state index in [1.165, 1.54) is 0 Å². The van der Waals surface area contributed by atoms with E-state index in [2.05, 4.69) is 17.1 Å². The molecule has 0 bridgehead atoms. The number of pyridine rings is 1. The normalized spacial score (nSPS) is 11.0. The van der Waals surface area contributed by atoms with Crippen LogP contribution >= 0.6 is 0 Å². The van der Waals surface area contributed by atoms with E-state index in [9.17, 15) is 4.79 Å². The number of hydrogen-bond donors (Lipinski definition) is 0. The van der Waals surface area contributed by atoms with Gasteiger partial charge in [0.2, 0.25) is 0 Å². The Morgan fingerprint density at radius 2 is 1.64 bits per heavy atom. The van der Waals surface area contributed by atoms with Gasteiger partial charge in [0.1, 0.15) is 11.4 Å². The van der Waals surface area contributed by atoms with Crippen LogP contribution in [0, 0.1) is 0 Å².